The zero-order valence-electron chi connectivity index (χ0n) is 15.3. The summed E-state index contributed by atoms with van der Waals surface area (Å²) in [6, 6.07) is 9.10. The predicted molar refractivity (Wildman–Crippen MR) is 105 cm³/mol. The molecule has 1 atom stereocenters. The van der Waals surface area contributed by atoms with Crippen LogP contribution in [-0.4, -0.2) is 11.3 Å². The number of aldehydes is 1. The molecule has 0 radical (unpaired) electrons. The minimum atomic E-state index is 0.729. The SMILES string of the molecule is CCCCCC(CCCC)c1cnc(C)s1.O=Cc1ccccc1. The van der Waals surface area contributed by atoms with Crippen LogP contribution in [0.1, 0.15) is 85.0 Å². The molecule has 1 heterocycles. The number of carbonyl (C=O) groups excluding carboxylic acids is 1. The molecule has 24 heavy (non-hydrogen) atoms. The second-order valence-corrected chi connectivity index (χ2v) is 7.41. The first-order valence-electron chi connectivity index (χ1n) is 9.13. The number of benzene rings is 1. The van der Waals surface area contributed by atoms with Gasteiger partial charge in [-0.25, -0.2) is 4.98 Å². The van der Waals surface area contributed by atoms with Gasteiger partial charge in [0.15, 0.2) is 0 Å². The molecule has 3 heteroatoms. The van der Waals surface area contributed by atoms with Crippen LogP contribution < -0.4 is 0 Å². The highest BCUT2D eigenvalue weighted by molar-refractivity contribution is 7.11. The van der Waals surface area contributed by atoms with E-state index in [2.05, 4.69) is 32.0 Å². The molecule has 2 rings (SSSR count). The van der Waals surface area contributed by atoms with Crippen molar-refractivity contribution in [1.29, 1.82) is 0 Å². The lowest BCUT2D eigenvalue weighted by Gasteiger charge is -2.14. The Bertz CT molecular complexity index is 550. The standard InChI is InChI=1S/C14H25NS.C7H6O/c1-4-6-8-10-13(9-7-5-2)14-11-15-12(3)16-14;8-6-7-4-2-1-3-5-7/h11,13H,4-10H2,1-3H3;1-6H. The normalized spacial score (nSPS) is 11.5. The van der Waals surface area contributed by atoms with Gasteiger partial charge in [0.25, 0.3) is 0 Å². The maximum Gasteiger partial charge on any atom is 0.150 e. The summed E-state index contributed by atoms with van der Waals surface area (Å²) in [5, 5.41) is 1.21. The molecule has 1 unspecified atom stereocenters. The summed E-state index contributed by atoms with van der Waals surface area (Å²) in [6.45, 7) is 6.66. The van der Waals surface area contributed by atoms with E-state index >= 15 is 0 Å². The number of hydrogen-bond donors (Lipinski definition) is 0. The topological polar surface area (TPSA) is 30.0 Å². The van der Waals surface area contributed by atoms with Crippen molar-refractivity contribution in [2.24, 2.45) is 0 Å². The highest BCUT2D eigenvalue weighted by Crippen LogP contribution is 2.31. The van der Waals surface area contributed by atoms with Gasteiger partial charge >= 0.3 is 0 Å². The first-order valence-corrected chi connectivity index (χ1v) is 9.95. The molecule has 0 N–H and O–H groups in total. The Morgan fingerprint density at radius 2 is 1.71 bits per heavy atom. The van der Waals surface area contributed by atoms with E-state index in [-0.39, 0.29) is 0 Å². The van der Waals surface area contributed by atoms with Crippen LogP contribution in [0.4, 0.5) is 0 Å². The van der Waals surface area contributed by atoms with Gasteiger partial charge in [0.05, 0.1) is 5.01 Å². The van der Waals surface area contributed by atoms with Crippen molar-refractivity contribution in [1.82, 2.24) is 4.98 Å². The average molecular weight is 346 g/mol. The van der Waals surface area contributed by atoms with Crippen LogP contribution in [0.2, 0.25) is 0 Å². The van der Waals surface area contributed by atoms with Crippen molar-refractivity contribution in [2.45, 2.75) is 71.6 Å². The fourth-order valence-corrected chi connectivity index (χ4v) is 3.57. The lowest BCUT2D eigenvalue weighted by atomic mass is 9.94. The summed E-state index contributed by atoms with van der Waals surface area (Å²) in [4.78, 5) is 15.9. The highest BCUT2D eigenvalue weighted by Gasteiger charge is 2.13. The fraction of sp³-hybridized carbons (Fsp3) is 0.524. The van der Waals surface area contributed by atoms with Crippen molar-refractivity contribution in [3.05, 3.63) is 52.0 Å². The average Bonchev–Trinajstić information content (AvgIpc) is 3.05. The number of aryl methyl sites for hydroxylation is 1. The van der Waals surface area contributed by atoms with Crippen LogP contribution in [0, 0.1) is 6.92 Å². The van der Waals surface area contributed by atoms with Gasteiger partial charge in [-0.15, -0.1) is 11.3 Å². The van der Waals surface area contributed by atoms with Gasteiger partial charge in [-0.3, -0.25) is 4.79 Å². The number of hydrogen-bond acceptors (Lipinski definition) is 3. The van der Waals surface area contributed by atoms with Crippen molar-refractivity contribution < 1.29 is 4.79 Å². The fourth-order valence-electron chi connectivity index (χ4n) is 2.62. The summed E-state index contributed by atoms with van der Waals surface area (Å²) in [5.41, 5.74) is 0.729. The Hall–Kier alpha value is -1.48. The molecule has 0 spiro atoms. The van der Waals surface area contributed by atoms with E-state index in [0.29, 0.717) is 0 Å². The van der Waals surface area contributed by atoms with E-state index in [0.717, 1.165) is 17.8 Å². The quantitative estimate of drug-likeness (QED) is 0.369. The van der Waals surface area contributed by atoms with Gasteiger partial charge in [0.1, 0.15) is 6.29 Å². The number of nitrogens with zero attached hydrogens (tertiary/aromatic N) is 1. The summed E-state index contributed by atoms with van der Waals surface area (Å²) < 4.78 is 0. The van der Waals surface area contributed by atoms with Crippen LogP contribution in [0.25, 0.3) is 0 Å². The molecule has 1 aromatic carbocycles. The Kier molecular flexibility index (Phi) is 11.0. The van der Waals surface area contributed by atoms with Crippen LogP contribution in [-0.2, 0) is 0 Å². The maximum absolute atomic E-state index is 10.0. The molecule has 132 valence electrons. The third kappa shape index (κ3) is 8.39. The summed E-state index contributed by atoms with van der Waals surface area (Å²) in [5.74, 6) is 0.776. The van der Waals surface area contributed by atoms with E-state index in [1.54, 1.807) is 12.1 Å². The third-order valence-corrected chi connectivity index (χ3v) is 5.11. The molecule has 0 saturated carbocycles. The summed E-state index contributed by atoms with van der Waals surface area (Å²) in [6.07, 6.45) is 12.4. The van der Waals surface area contributed by atoms with Crippen LogP contribution in [0.3, 0.4) is 0 Å². The molecule has 2 nitrogen and oxygen atoms in total. The monoisotopic (exact) mass is 345 g/mol. The first kappa shape index (κ1) is 20.6. The van der Waals surface area contributed by atoms with E-state index in [1.165, 1.54) is 54.8 Å². The van der Waals surface area contributed by atoms with Gasteiger partial charge in [-0.05, 0) is 25.7 Å². The second-order valence-electron chi connectivity index (χ2n) is 6.15. The Morgan fingerprint density at radius 3 is 2.21 bits per heavy atom. The molecule has 0 amide bonds. The van der Waals surface area contributed by atoms with Gasteiger partial charge in [0.2, 0.25) is 0 Å². The van der Waals surface area contributed by atoms with E-state index in [9.17, 15) is 4.79 Å². The molecule has 0 bridgehead atoms. The molecule has 0 aliphatic heterocycles. The van der Waals surface area contributed by atoms with Crippen molar-refractivity contribution >= 4 is 17.6 Å². The zero-order chi connectivity index (χ0) is 17.6. The molecule has 0 fully saturated rings. The predicted octanol–water partition coefficient (Wildman–Crippen LogP) is 6.80. The smallest absolute Gasteiger partial charge is 0.150 e. The van der Waals surface area contributed by atoms with Gasteiger partial charge < -0.3 is 0 Å². The Morgan fingerprint density at radius 1 is 1.04 bits per heavy atom. The molecular formula is C21H31NOS. The van der Waals surface area contributed by atoms with E-state index in [1.807, 2.05) is 29.5 Å². The number of rotatable bonds is 9. The van der Waals surface area contributed by atoms with Crippen molar-refractivity contribution in [3.63, 3.8) is 0 Å². The highest BCUT2D eigenvalue weighted by atomic mass is 32.1. The number of unbranched alkanes of at least 4 members (excludes halogenated alkanes) is 3. The van der Waals surface area contributed by atoms with Crippen molar-refractivity contribution in [3.8, 4) is 0 Å². The van der Waals surface area contributed by atoms with Crippen molar-refractivity contribution in [2.75, 3.05) is 0 Å². The van der Waals surface area contributed by atoms with Crippen LogP contribution in [0.5, 0.6) is 0 Å². The maximum atomic E-state index is 10.0. The lowest BCUT2D eigenvalue weighted by Crippen LogP contribution is -1.97. The van der Waals surface area contributed by atoms with Gasteiger partial charge in [0, 0.05) is 16.6 Å². The molecule has 0 aliphatic carbocycles. The van der Waals surface area contributed by atoms with E-state index in [4.69, 9.17) is 0 Å². The molecular weight excluding hydrogens is 314 g/mol. The lowest BCUT2D eigenvalue weighted by molar-refractivity contribution is 0.112. The van der Waals surface area contributed by atoms with Crippen LogP contribution >= 0.6 is 11.3 Å². The van der Waals surface area contributed by atoms with E-state index < -0.39 is 0 Å². The largest absolute Gasteiger partial charge is 0.298 e. The Labute approximate surface area is 151 Å². The minimum absolute atomic E-state index is 0.729. The zero-order valence-corrected chi connectivity index (χ0v) is 16.1. The first-order chi connectivity index (χ1) is 11.7. The number of thiazole rings is 1. The van der Waals surface area contributed by atoms with Crippen LogP contribution in [0.15, 0.2) is 36.5 Å². The third-order valence-electron chi connectivity index (χ3n) is 4.04. The van der Waals surface area contributed by atoms with Gasteiger partial charge in [-0.1, -0.05) is 76.3 Å². The molecule has 0 saturated heterocycles. The van der Waals surface area contributed by atoms with Gasteiger partial charge in [-0.2, -0.15) is 0 Å². The molecule has 1 aromatic heterocycles. The minimum Gasteiger partial charge on any atom is -0.298 e. The molecule has 0 aliphatic rings. The summed E-state index contributed by atoms with van der Waals surface area (Å²) in [7, 11) is 0. The number of carbonyl (C=O) groups is 1. The second kappa shape index (κ2) is 12.9. The summed E-state index contributed by atoms with van der Waals surface area (Å²) >= 11 is 1.89. The number of aromatic nitrogens is 1. The molecule has 2 aromatic rings. The Balaban J connectivity index is 0.000000300.